The van der Waals surface area contributed by atoms with Crippen molar-refractivity contribution in [3.63, 3.8) is 0 Å². The van der Waals surface area contributed by atoms with Gasteiger partial charge in [0.15, 0.2) is 0 Å². The molecule has 1 saturated heterocycles. The van der Waals surface area contributed by atoms with Crippen molar-refractivity contribution in [1.82, 2.24) is 14.5 Å². The Morgan fingerprint density at radius 1 is 1.15 bits per heavy atom. The first-order valence-electron chi connectivity index (χ1n) is 7.62. The summed E-state index contributed by atoms with van der Waals surface area (Å²) in [6.07, 6.45) is 2.17. The van der Waals surface area contributed by atoms with Gasteiger partial charge in [0.05, 0.1) is 24.2 Å². The molecular weight excluding hydrogens is 250 g/mol. The van der Waals surface area contributed by atoms with Crippen LogP contribution in [-0.2, 0) is 17.7 Å². The molecule has 2 heterocycles. The molecule has 0 bridgehead atoms. The zero-order valence-electron chi connectivity index (χ0n) is 12.2. The maximum absolute atomic E-state index is 5.39. The minimum absolute atomic E-state index is 0.883. The maximum Gasteiger partial charge on any atom is 0.109 e. The molecule has 0 atom stereocenters. The van der Waals surface area contributed by atoms with Gasteiger partial charge in [-0.15, -0.1) is 0 Å². The third-order valence-electron chi connectivity index (χ3n) is 4.01. The summed E-state index contributed by atoms with van der Waals surface area (Å²) in [4.78, 5) is 7.22. The van der Waals surface area contributed by atoms with E-state index in [-0.39, 0.29) is 0 Å². The number of nitrogens with zero attached hydrogens (tertiary/aromatic N) is 3. The number of morpholine rings is 1. The maximum atomic E-state index is 5.39. The average molecular weight is 273 g/mol. The van der Waals surface area contributed by atoms with E-state index in [0.717, 1.165) is 51.3 Å². The molecule has 0 radical (unpaired) electrons. The fourth-order valence-corrected chi connectivity index (χ4v) is 2.92. The summed E-state index contributed by atoms with van der Waals surface area (Å²) in [5.41, 5.74) is 2.39. The average Bonchev–Trinajstić information content (AvgIpc) is 2.87. The van der Waals surface area contributed by atoms with Gasteiger partial charge in [0.25, 0.3) is 0 Å². The SMILES string of the molecule is CCc1nc2ccccc2n1CCCN1CCOCC1. The zero-order valence-corrected chi connectivity index (χ0v) is 12.2. The van der Waals surface area contributed by atoms with Gasteiger partial charge in [-0.05, 0) is 18.6 Å². The minimum Gasteiger partial charge on any atom is -0.379 e. The Hall–Kier alpha value is -1.39. The number of hydrogen-bond donors (Lipinski definition) is 0. The number of benzene rings is 1. The Bertz CT molecular complexity index is 558. The smallest absolute Gasteiger partial charge is 0.109 e. The lowest BCUT2D eigenvalue weighted by molar-refractivity contribution is 0.0369. The summed E-state index contributed by atoms with van der Waals surface area (Å²) in [7, 11) is 0. The molecule has 2 aromatic rings. The number of rotatable bonds is 5. The minimum atomic E-state index is 0.883. The standard InChI is InChI=1S/C16H23N3O/c1-2-16-17-14-6-3-4-7-15(14)19(16)9-5-8-18-10-12-20-13-11-18/h3-4,6-7H,2,5,8-13H2,1H3. The van der Waals surface area contributed by atoms with E-state index in [1.54, 1.807) is 0 Å². The molecule has 4 nitrogen and oxygen atoms in total. The number of aromatic nitrogens is 2. The highest BCUT2D eigenvalue weighted by Crippen LogP contribution is 2.17. The van der Waals surface area contributed by atoms with Crippen molar-refractivity contribution in [3.05, 3.63) is 30.1 Å². The van der Waals surface area contributed by atoms with E-state index in [2.05, 4.69) is 40.7 Å². The third-order valence-corrected chi connectivity index (χ3v) is 4.01. The molecule has 0 spiro atoms. The molecule has 1 fully saturated rings. The van der Waals surface area contributed by atoms with Crippen LogP contribution >= 0.6 is 0 Å². The summed E-state index contributed by atoms with van der Waals surface area (Å²) < 4.78 is 7.77. The highest BCUT2D eigenvalue weighted by Gasteiger charge is 2.11. The Balaban J connectivity index is 1.66. The number of para-hydroxylation sites is 2. The molecule has 20 heavy (non-hydrogen) atoms. The quantitative estimate of drug-likeness (QED) is 0.837. The van der Waals surface area contributed by atoms with E-state index in [0.29, 0.717) is 0 Å². The van der Waals surface area contributed by atoms with E-state index in [1.165, 1.54) is 17.8 Å². The Labute approximate surface area is 120 Å². The van der Waals surface area contributed by atoms with Gasteiger partial charge in [0.1, 0.15) is 5.82 Å². The first kappa shape index (κ1) is 13.6. The lowest BCUT2D eigenvalue weighted by Gasteiger charge is -2.26. The van der Waals surface area contributed by atoms with E-state index in [9.17, 15) is 0 Å². The number of hydrogen-bond acceptors (Lipinski definition) is 3. The predicted molar refractivity (Wildman–Crippen MR) is 81.0 cm³/mol. The van der Waals surface area contributed by atoms with Gasteiger partial charge in [-0.3, -0.25) is 4.90 Å². The van der Waals surface area contributed by atoms with Crippen molar-refractivity contribution in [2.75, 3.05) is 32.8 Å². The van der Waals surface area contributed by atoms with E-state index in [4.69, 9.17) is 9.72 Å². The second-order valence-corrected chi connectivity index (χ2v) is 5.33. The molecule has 0 unspecified atom stereocenters. The number of imidazole rings is 1. The largest absolute Gasteiger partial charge is 0.379 e. The molecule has 1 aliphatic heterocycles. The van der Waals surface area contributed by atoms with Crippen molar-refractivity contribution < 1.29 is 4.74 Å². The molecule has 3 rings (SSSR count). The topological polar surface area (TPSA) is 30.3 Å². The van der Waals surface area contributed by atoms with Crippen LogP contribution in [0.25, 0.3) is 11.0 Å². The van der Waals surface area contributed by atoms with Gasteiger partial charge in [-0.25, -0.2) is 4.98 Å². The van der Waals surface area contributed by atoms with Gasteiger partial charge < -0.3 is 9.30 Å². The molecular formula is C16H23N3O. The first-order chi connectivity index (χ1) is 9.88. The summed E-state index contributed by atoms with van der Waals surface area (Å²) >= 11 is 0. The van der Waals surface area contributed by atoms with Crippen LogP contribution in [0.2, 0.25) is 0 Å². The van der Waals surface area contributed by atoms with Crippen LogP contribution in [0.1, 0.15) is 19.2 Å². The van der Waals surface area contributed by atoms with E-state index < -0.39 is 0 Å². The summed E-state index contributed by atoms with van der Waals surface area (Å²) in [5, 5.41) is 0. The molecule has 0 aliphatic carbocycles. The van der Waals surface area contributed by atoms with E-state index in [1.807, 2.05) is 0 Å². The van der Waals surface area contributed by atoms with Gasteiger partial charge in [-0.2, -0.15) is 0 Å². The van der Waals surface area contributed by atoms with Gasteiger partial charge >= 0.3 is 0 Å². The number of aryl methyl sites for hydroxylation is 2. The van der Waals surface area contributed by atoms with Crippen LogP contribution in [0, 0.1) is 0 Å². The van der Waals surface area contributed by atoms with Crippen molar-refractivity contribution in [3.8, 4) is 0 Å². The second kappa shape index (κ2) is 6.37. The predicted octanol–water partition coefficient (Wildman–Crippen LogP) is 2.32. The van der Waals surface area contributed by atoms with Crippen LogP contribution in [-0.4, -0.2) is 47.3 Å². The van der Waals surface area contributed by atoms with Gasteiger partial charge in [0.2, 0.25) is 0 Å². The molecule has 1 aromatic carbocycles. The van der Waals surface area contributed by atoms with Crippen LogP contribution in [0.5, 0.6) is 0 Å². The molecule has 0 amide bonds. The van der Waals surface area contributed by atoms with Gasteiger partial charge in [0, 0.05) is 32.6 Å². The fraction of sp³-hybridized carbons (Fsp3) is 0.562. The van der Waals surface area contributed by atoms with Crippen molar-refractivity contribution in [2.24, 2.45) is 0 Å². The second-order valence-electron chi connectivity index (χ2n) is 5.33. The van der Waals surface area contributed by atoms with Crippen molar-refractivity contribution >= 4 is 11.0 Å². The molecule has 0 saturated carbocycles. The molecule has 0 N–H and O–H groups in total. The molecule has 1 aromatic heterocycles. The number of fused-ring (bicyclic) bond motifs is 1. The molecule has 1 aliphatic rings. The normalized spacial score (nSPS) is 16.9. The highest BCUT2D eigenvalue weighted by atomic mass is 16.5. The zero-order chi connectivity index (χ0) is 13.8. The van der Waals surface area contributed by atoms with Crippen molar-refractivity contribution in [2.45, 2.75) is 26.3 Å². The Morgan fingerprint density at radius 2 is 1.95 bits per heavy atom. The fourth-order valence-electron chi connectivity index (χ4n) is 2.92. The lowest BCUT2D eigenvalue weighted by atomic mass is 10.3. The summed E-state index contributed by atoms with van der Waals surface area (Å²) in [6, 6.07) is 8.44. The monoisotopic (exact) mass is 273 g/mol. The number of ether oxygens (including phenoxy) is 1. The van der Waals surface area contributed by atoms with Crippen LogP contribution in [0.4, 0.5) is 0 Å². The van der Waals surface area contributed by atoms with E-state index >= 15 is 0 Å². The summed E-state index contributed by atoms with van der Waals surface area (Å²) in [6.45, 7) is 8.30. The molecule has 4 heteroatoms. The van der Waals surface area contributed by atoms with Gasteiger partial charge in [-0.1, -0.05) is 19.1 Å². The highest BCUT2D eigenvalue weighted by molar-refractivity contribution is 5.75. The lowest BCUT2D eigenvalue weighted by Crippen LogP contribution is -2.37. The Morgan fingerprint density at radius 3 is 2.75 bits per heavy atom. The van der Waals surface area contributed by atoms with Crippen LogP contribution < -0.4 is 0 Å². The van der Waals surface area contributed by atoms with Crippen molar-refractivity contribution in [1.29, 1.82) is 0 Å². The summed E-state index contributed by atoms with van der Waals surface area (Å²) in [5.74, 6) is 1.20. The third kappa shape index (κ3) is 2.86. The Kier molecular flexibility index (Phi) is 4.33. The first-order valence-corrected chi connectivity index (χ1v) is 7.62. The molecule has 108 valence electrons. The van der Waals surface area contributed by atoms with Crippen LogP contribution in [0.15, 0.2) is 24.3 Å². The van der Waals surface area contributed by atoms with Crippen LogP contribution in [0.3, 0.4) is 0 Å².